The number of benzene rings is 1. The monoisotopic (exact) mass is 359 g/mol. The molecule has 2 heterocycles. The molecule has 2 aromatic heterocycles. The molecular formula is C18H16F3N5. The molecule has 0 radical (unpaired) electrons. The van der Waals surface area contributed by atoms with Gasteiger partial charge in [0.25, 0.3) is 0 Å². The van der Waals surface area contributed by atoms with Crippen LogP contribution < -0.4 is 10.6 Å². The molecule has 134 valence electrons. The van der Waals surface area contributed by atoms with E-state index in [1.54, 1.807) is 18.5 Å². The zero-order valence-corrected chi connectivity index (χ0v) is 13.9. The number of aromatic nitrogens is 3. The van der Waals surface area contributed by atoms with Crippen molar-refractivity contribution in [1.29, 1.82) is 0 Å². The second-order valence-corrected chi connectivity index (χ2v) is 5.43. The zero-order chi connectivity index (χ0) is 18.6. The molecule has 2 N–H and O–H groups in total. The Morgan fingerprint density at radius 1 is 0.962 bits per heavy atom. The average Bonchev–Trinajstić information content (AvgIpc) is 2.62. The van der Waals surface area contributed by atoms with Crippen molar-refractivity contribution in [3.63, 3.8) is 0 Å². The summed E-state index contributed by atoms with van der Waals surface area (Å²) in [5.74, 6) is 0.902. The van der Waals surface area contributed by atoms with E-state index in [1.807, 2.05) is 19.1 Å². The molecule has 3 rings (SSSR count). The number of rotatable bonds is 5. The highest BCUT2D eigenvalue weighted by atomic mass is 19.4. The van der Waals surface area contributed by atoms with Gasteiger partial charge in [0.2, 0.25) is 5.95 Å². The zero-order valence-electron chi connectivity index (χ0n) is 13.9. The van der Waals surface area contributed by atoms with Gasteiger partial charge in [0.1, 0.15) is 5.82 Å². The lowest BCUT2D eigenvalue weighted by Gasteiger charge is -2.12. The molecule has 0 bridgehead atoms. The molecule has 0 saturated heterocycles. The number of anilines is 3. The van der Waals surface area contributed by atoms with Gasteiger partial charge in [0.15, 0.2) is 0 Å². The summed E-state index contributed by atoms with van der Waals surface area (Å²) < 4.78 is 38.0. The number of hydrogen-bond donors (Lipinski definition) is 2. The van der Waals surface area contributed by atoms with Gasteiger partial charge in [0, 0.05) is 36.3 Å². The maximum absolute atomic E-state index is 12.7. The Labute approximate surface area is 148 Å². The molecule has 0 fully saturated rings. The van der Waals surface area contributed by atoms with Crippen LogP contribution in [0.1, 0.15) is 12.5 Å². The van der Waals surface area contributed by atoms with Crippen molar-refractivity contribution >= 4 is 17.5 Å². The van der Waals surface area contributed by atoms with Crippen LogP contribution in [0.25, 0.3) is 11.3 Å². The van der Waals surface area contributed by atoms with E-state index in [0.717, 1.165) is 17.7 Å². The summed E-state index contributed by atoms with van der Waals surface area (Å²) in [5, 5.41) is 6.06. The number of nitrogens with zero attached hydrogens (tertiary/aromatic N) is 3. The highest BCUT2D eigenvalue weighted by Gasteiger charge is 2.29. The predicted octanol–water partition coefficient (Wildman–Crippen LogP) is 4.73. The lowest BCUT2D eigenvalue weighted by atomic mass is 10.2. The maximum atomic E-state index is 12.7. The molecule has 0 spiro atoms. The highest BCUT2D eigenvalue weighted by Crippen LogP contribution is 2.30. The molecule has 0 aliphatic carbocycles. The smallest absolute Gasteiger partial charge is 0.354 e. The molecular weight excluding hydrogens is 343 g/mol. The van der Waals surface area contributed by atoms with Gasteiger partial charge < -0.3 is 10.6 Å². The van der Waals surface area contributed by atoms with Gasteiger partial charge in [-0.05, 0) is 43.3 Å². The molecule has 0 unspecified atom stereocenters. The predicted molar refractivity (Wildman–Crippen MR) is 94.2 cm³/mol. The van der Waals surface area contributed by atoms with E-state index in [-0.39, 0.29) is 0 Å². The number of pyridine rings is 1. The van der Waals surface area contributed by atoms with Gasteiger partial charge in [-0.2, -0.15) is 18.2 Å². The third-order valence-electron chi connectivity index (χ3n) is 3.52. The van der Waals surface area contributed by atoms with Crippen LogP contribution in [-0.4, -0.2) is 21.5 Å². The largest absolute Gasteiger partial charge is 0.416 e. The first-order chi connectivity index (χ1) is 12.5. The van der Waals surface area contributed by atoms with Crippen LogP contribution in [0.4, 0.5) is 30.6 Å². The summed E-state index contributed by atoms with van der Waals surface area (Å²) >= 11 is 0. The Hall–Kier alpha value is -3.16. The Balaban J connectivity index is 1.90. The molecule has 0 saturated carbocycles. The number of alkyl halides is 3. The second kappa shape index (κ2) is 7.38. The van der Waals surface area contributed by atoms with Crippen LogP contribution in [0.15, 0.2) is 54.9 Å². The maximum Gasteiger partial charge on any atom is 0.416 e. The molecule has 26 heavy (non-hydrogen) atoms. The van der Waals surface area contributed by atoms with Crippen molar-refractivity contribution in [2.24, 2.45) is 0 Å². The van der Waals surface area contributed by atoms with Crippen molar-refractivity contribution in [2.75, 3.05) is 17.2 Å². The summed E-state index contributed by atoms with van der Waals surface area (Å²) in [6, 6.07) is 10.2. The van der Waals surface area contributed by atoms with Gasteiger partial charge >= 0.3 is 6.18 Å². The standard InChI is InChI=1S/C18H16F3N5/c1-2-23-17-25-15(12-7-9-22-10-8-12)11-16(26-17)24-14-5-3-13(4-6-14)18(19,20)21/h3-11H,2H2,1H3,(H2,23,24,25,26). The van der Waals surface area contributed by atoms with E-state index in [1.165, 1.54) is 12.1 Å². The van der Waals surface area contributed by atoms with Crippen molar-refractivity contribution in [1.82, 2.24) is 15.0 Å². The SMILES string of the molecule is CCNc1nc(Nc2ccc(C(F)(F)F)cc2)cc(-c2ccncc2)n1. The molecule has 0 aliphatic heterocycles. The second-order valence-electron chi connectivity index (χ2n) is 5.43. The van der Waals surface area contributed by atoms with Crippen molar-refractivity contribution in [3.05, 3.63) is 60.4 Å². The molecule has 5 nitrogen and oxygen atoms in total. The quantitative estimate of drug-likeness (QED) is 0.689. The van der Waals surface area contributed by atoms with Crippen molar-refractivity contribution < 1.29 is 13.2 Å². The fourth-order valence-corrected chi connectivity index (χ4v) is 2.31. The molecule has 8 heteroatoms. The molecule has 1 aromatic carbocycles. The van der Waals surface area contributed by atoms with Crippen LogP contribution in [-0.2, 0) is 6.18 Å². The van der Waals surface area contributed by atoms with Gasteiger partial charge in [-0.3, -0.25) is 4.98 Å². The minimum absolute atomic E-state index is 0.427. The average molecular weight is 359 g/mol. The van der Waals surface area contributed by atoms with E-state index in [4.69, 9.17) is 0 Å². The Morgan fingerprint density at radius 3 is 2.27 bits per heavy atom. The summed E-state index contributed by atoms with van der Waals surface area (Å²) in [6.07, 6.45) is -1.04. The van der Waals surface area contributed by atoms with E-state index >= 15 is 0 Å². The molecule has 0 aliphatic rings. The van der Waals surface area contributed by atoms with Crippen LogP contribution in [0, 0.1) is 0 Å². The number of nitrogens with one attached hydrogen (secondary N) is 2. The van der Waals surface area contributed by atoms with Crippen molar-refractivity contribution in [2.45, 2.75) is 13.1 Å². The molecule has 0 atom stereocenters. The molecule has 3 aromatic rings. The normalized spacial score (nSPS) is 11.2. The lowest BCUT2D eigenvalue weighted by molar-refractivity contribution is -0.137. The minimum Gasteiger partial charge on any atom is -0.354 e. The fraction of sp³-hybridized carbons (Fsp3) is 0.167. The van der Waals surface area contributed by atoms with Crippen LogP contribution in [0.5, 0.6) is 0 Å². The molecule has 0 amide bonds. The van der Waals surface area contributed by atoms with E-state index in [0.29, 0.717) is 29.7 Å². The Morgan fingerprint density at radius 2 is 1.65 bits per heavy atom. The highest BCUT2D eigenvalue weighted by molar-refractivity contribution is 5.67. The van der Waals surface area contributed by atoms with Crippen LogP contribution in [0.3, 0.4) is 0 Å². The Kier molecular flexibility index (Phi) is 5.01. The van der Waals surface area contributed by atoms with Crippen LogP contribution in [0.2, 0.25) is 0 Å². The van der Waals surface area contributed by atoms with E-state index < -0.39 is 11.7 Å². The summed E-state index contributed by atoms with van der Waals surface area (Å²) in [7, 11) is 0. The first kappa shape index (κ1) is 17.7. The third-order valence-corrected chi connectivity index (χ3v) is 3.52. The van der Waals surface area contributed by atoms with Gasteiger partial charge in [-0.25, -0.2) is 4.98 Å². The summed E-state index contributed by atoms with van der Waals surface area (Å²) in [4.78, 5) is 12.8. The van der Waals surface area contributed by atoms with Gasteiger partial charge in [-0.15, -0.1) is 0 Å². The number of halogens is 3. The lowest BCUT2D eigenvalue weighted by Crippen LogP contribution is -2.06. The van der Waals surface area contributed by atoms with Crippen molar-refractivity contribution in [3.8, 4) is 11.3 Å². The van der Waals surface area contributed by atoms with E-state index in [9.17, 15) is 13.2 Å². The number of hydrogen-bond acceptors (Lipinski definition) is 5. The Bertz CT molecular complexity index is 864. The fourth-order valence-electron chi connectivity index (χ4n) is 2.31. The van der Waals surface area contributed by atoms with Gasteiger partial charge in [0.05, 0.1) is 11.3 Å². The van der Waals surface area contributed by atoms with E-state index in [2.05, 4.69) is 25.6 Å². The van der Waals surface area contributed by atoms with Crippen LogP contribution >= 0.6 is 0 Å². The summed E-state index contributed by atoms with van der Waals surface area (Å²) in [5.41, 5.74) is 1.33. The first-order valence-corrected chi connectivity index (χ1v) is 7.93. The topological polar surface area (TPSA) is 62.7 Å². The minimum atomic E-state index is -4.36. The summed E-state index contributed by atoms with van der Waals surface area (Å²) in [6.45, 7) is 2.56. The third kappa shape index (κ3) is 4.27. The van der Waals surface area contributed by atoms with Gasteiger partial charge in [-0.1, -0.05) is 0 Å². The first-order valence-electron chi connectivity index (χ1n) is 7.93.